The molecule has 1 aromatic rings. The lowest BCUT2D eigenvalue weighted by atomic mass is 9.78. The first-order chi connectivity index (χ1) is 7.40. The maximum Gasteiger partial charge on any atom is 0.494 e. The molecule has 0 aliphatic carbocycles. The molecule has 0 unspecified atom stereocenters. The Hall–Kier alpha value is -1.54. The van der Waals surface area contributed by atoms with E-state index in [2.05, 4.69) is 4.74 Å². The molecule has 8 heteroatoms. The molecule has 0 amide bonds. The first-order valence-electron chi connectivity index (χ1n) is 4.02. The summed E-state index contributed by atoms with van der Waals surface area (Å²) in [5.41, 5.74) is -2.38. The van der Waals surface area contributed by atoms with Crippen molar-refractivity contribution in [2.24, 2.45) is 0 Å². The van der Waals surface area contributed by atoms with Gasteiger partial charge in [0, 0.05) is 6.07 Å². The molecule has 4 nitrogen and oxygen atoms in total. The van der Waals surface area contributed by atoms with Crippen molar-refractivity contribution in [2.45, 2.75) is 0 Å². The Morgan fingerprint density at radius 2 is 1.88 bits per heavy atom. The van der Waals surface area contributed by atoms with Crippen LogP contribution in [0, 0.1) is 17.5 Å². The third kappa shape index (κ3) is 2.02. The molecule has 0 heterocycles. The molecular weight excluding hydrogens is 228 g/mol. The molecule has 0 saturated heterocycles. The lowest BCUT2D eigenvalue weighted by Crippen LogP contribution is -2.37. The predicted octanol–water partition coefficient (Wildman–Crippen LogP) is -0.430. The molecule has 0 aromatic heterocycles. The zero-order chi connectivity index (χ0) is 12.5. The number of methoxy groups -OCH3 is 1. The second-order valence-corrected chi connectivity index (χ2v) is 2.81. The van der Waals surface area contributed by atoms with E-state index in [-0.39, 0.29) is 6.07 Å². The summed E-state index contributed by atoms with van der Waals surface area (Å²) >= 11 is 0. The molecule has 0 aliphatic heterocycles. The fourth-order valence-corrected chi connectivity index (χ4v) is 1.13. The Kier molecular flexibility index (Phi) is 3.56. The minimum Gasteiger partial charge on any atom is -0.465 e. The summed E-state index contributed by atoms with van der Waals surface area (Å²) in [6.45, 7) is 0. The summed E-state index contributed by atoms with van der Waals surface area (Å²) in [6, 6.07) is 0.171. The predicted molar refractivity (Wildman–Crippen MR) is 47.5 cm³/mol. The Morgan fingerprint density at radius 1 is 1.31 bits per heavy atom. The number of ether oxygens (including phenoxy) is 1. The third-order valence-electron chi connectivity index (χ3n) is 1.85. The second-order valence-electron chi connectivity index (χ2n) is 2.81. The van der Waals surface area contributed by atoms with Crippen molar-refractivity contribution in [1.82, 2.24) is 0 Å². The quantitative estimate of drug-likeness (QED) is 0.538. The van der Waals surface area contributed by atoms with Crippen LogP contribution in [0.25, 0.3) is 0 Å². The SMILES string of the molecule is COC(=O)c1c(F)cc(F)c(B(O)O)c1F. The zero-order valence-electron chi connectivity index (χ0n) is 8.00. The lowest BCUT2D eigenvalue weighted by molar-refractivity contribution is 0.0590. The highest BCUT2D eigenvalue weighted by Crippen LogP contribution is 2.14. The highest BCUT2D eigenvalue weighted by molar-refractivity contribution is 6.58. The highest BCUT2D eigenvalue weighted by Gasteiger charge is 2.30. The summed E-state index contributed by atoms with van der Waals surface area (Å²) in [5, 5.41) is 17.3. The van der Waals surface area contributed by atoms with Crippen LogP contribution in [0.5, 0.6) is 0 Å². The van der Waals surface area contributed by atoms with Crippen LogP contribution in [0.2, 0.25) is 0 Å². The molecule has 0 radical (unpaired) electrons. The number of benzene rings is 1. The number of carbonyl (C=O) groups excluding carboxylic acids is 1. The van der Waals surface area contributed by atoms with E-state index in [1.807, 2.05) is 0 Å². The van der Waals surface area contributed by atoms with Gasteiger partial charge in [0.2, 0.25) is 0 Å². The number of halogens is 3. The van der Waals surface area contributed by atoms with Gasteiger partial charge in [-0.2, -0.15) is 0 Å². The van der Waals surface area contributed by atoms with Crippen molar-refractivity contribution >= 4 is 18.6 Å². The minimum atomic E-state index is -2.50. The van der Waals surface area contributed by atoms with E-state index in [4.69, 9.17) is 10.0 Å². The van der Waals surface area contributed by atoms with Crippen molar-refractivity contribution < 1.29 is 32.8 Å². The van der Waals surface area contributed by atoms with Gasteiger partial charge in [-0.3, -0.25) is 0 Å². The molecule has 0 aliphatic rings. The number of carbonyl (C=O) groups is 1. The van der Waals surface area contributed by atoms with E-state index in [1.54, 1.807) is 0 Å². The number of hydrogen-bond donors (Lipinski definition) is 2. The standard InChI is InChI=1S/C8H6BF3O4/c1-16-8(13)5-3(10)2-4(11)6(7(5)12)9(14)15/h2,14-15H,1H3. The molecule has 16 heavy (non-hydrogen) atoms. The smallest absolute Gasteiger partial charge is 0.465 e. The van der Waals surface area contributed by atoms with Crippen molar-refractivity contribution in [3.8, 4) is 0 Å². The fourth-order valence-electron chi connectivity index (χ4n) is 1.13. The largest absolute Gasteiger partial charge is 0.494 e. The lowest BCUT2D eigenvalue weighted by Gasteiger charge is -2.08. The van der Waals surface area contributed by atoms with Gasteiger partial charge in [0.15, 0.2) is 0 Å². The molecule has 0 bridgehead atoms. The maximum atomic E-state index is 13.4. The summed E-state index contributed by atoms with van der Waals surface area (Å²) in [7, 11) is -1.62. The number of esters is 1. The normalized spacial score (nSPS) is 10.1. The first-order valence-corrected chi connectivity index (χ1v) is 4.02. The van der Waals surface area contributed by atoms with Crippen LogP contribution in [0.1, 0.15) is 10.4 Å². The average molecular weight is 234 g/mol. The third-order valence-corrected chi connectivity index (χ3v) is 1.85. The number of hydrogen-bond acceptors (Lipinski definition) is 4. The maximum absolute atomic E-state index is 13.4. The van der Waals surface area contributed by atoms with E-state index in [9.17, 15) is 18.0 Å². The van der Waals surface area contributed by atoms with Gasteiger partial charge in [0.25, 0.3) is 0 Å². The van der Waals surface area contributed by atoms with E-state index < -0.39 is 41.6 Å². The van der Waals surface area contributed by atoms with Gasteiger partial charge < -0.3 is 14.8 Å². The van der Waals surface area contributed by atoms with Gasteiger partial charge in [-0.05, 0) is 0 Å². The van der Waals surface area contributed by atoms with Crippen molar-refractivity contribution in [3.05, 3.63) is 29.1 Å². The highest BCUT2D eigenvalue weighted by atomic mass is 19.1. The van der Waals surface area contributed by atoms with Crippen LogP contribution in [0.3, 0.4) is 0 Å². The molecule has 0 atom stereocenters. The summed E-state index contributed by atoms with van der Waals surface area (Å²) < 4.78 is 43.5. The van der Waals surface area contributed by atoms with Gasteiger partial charge in [-0.25, -0.2) is 18.0 Å². The van der Waals surface area contributed by atoms with Crippen LogP contribution in [-0.4, -0.2) is 30.2 Å². The minimum absolute atomic E-state index is 0.171. The first kappa shape index (κ1) is 12.5. The fraction of sp³-hybridized carbons (Fsp3) is 0.125. The molecule has 0 saturated carbocycles. The Labute approximate surface area is 88.4 Å². The summed E-state index contributed by atoms with van der Waals surface area (Å²) in [6.07, 6.45) is 0. The molecule has 2 N–H and O–H groups in total. The molecule has 0 fully saturated rings. The van der Waals surface area contributed by atoms with Crippen LogP contribution in [-0.2, 0) is 4.74 Å². The van der Waals surface area contributed by atoms with E-state index in [1.165, 1.54) is 0 Å². The van der Waals surface area contributed by atoms with Crippen LogP contribution in [0.4, 0.5) is 13.2 Å². The molecule has 1 aromatic carbocycles. The van der Waals surface area contributed by atoms with Crippen LogP contribution >= 0.6 is 0 Å². The second kappa shape index (κ2) is 4.54. The van der Waals surface area contributed by atoms with E-state index >= 15 is 0 Å². The molecule has 1 rings (SSSR count). The van der Waals surface area contributed by atoms with Gasteiger partial charge in [0.1, 0.15) is 23.0 Å². The monoisotopic (exact) mass is 234 g/mol. The van der Waals surface area contributed by atoms with Gasteiger partial charge >= 0.3 is 13.1 Å². The van der Waals surface area contributed by atoms with Gasteiger partial charge in [0.05, 0.1) is 12.6 Å². The Morgan fingerprint density at radius 3 is 2.31 bits per heavy atom. The Balaban J connectivity index is 3.51. The molecule has 0 spiro atoms. The van der Waals surface area contributed by atoms with E-state index in [0.717, 1.165) is 7.11 Å². The molecule has 86 valence electrons. The van der Waals surface area contributed by atoms with Crippen molar-refractivity contribution in [3.63, 3.8) is 0 Å². The van der Waals surface area contributed by atoms with Crippen LogP contribution in [0.15, 0.2) is 6.07 Å². The Bertz CT molecular complexity index is 436. The summed E-state index contributed by atoms with van der Waals surface area (Å²) in [4.78, 5) is 11.0. The van der Waals surface area contributed by atoms with Crippen molar-refractivity contribution in [1.29, 1.82) is 0 Å². The van der Waals surface area contributed by atoms with Gasteiger partial charge in [-0.1, -0.05) is 0 Å². The zero-order valence-corrected chi connectivity index (χ0v) is 8.00. The summed E-state index contributed by atoms with van der Waals surface area (Å²) in [5.74, 6) is -6.06. The van der Waals surface area contributed by atoms with Gasteiger partial charge in [-0.15, -0.1) is 0 Å². The van der Waals surface area contributed by atoms with Crippen LogP contribution < -0.4 is 5.46 Å². The average Bonchev–Trinajstić information content (AvgIpc) is 2.15. The topological polar surface area (TPSA) is 66.8 Å². The van der Waals surface area contributed by atoms with Crippen molar-refractivity contribution in [2.75, 3.05) is 7.11 Å². The molecular formula is C8H6BF3O4. The van der Waals surface area contributed by atoms with E-state index in [0.29, 0.717) is 0 Å². The number of rotatable bonds is 2.